The monoisotopic (exact) mass is 236 g/mol. The number of hydrogen-bond donors (Lipinski definition) is 1. The molecule has 0 spiro atoms. The second-order valence-electron chi connectivity index (χ2n) is 4.81. The zero-order chi connectivity index (χ0) is 12.6. The summed E-state index contributed by atoms with van der Waals surface area (Å²) < 4.78 is 1.59. The van der Waals surface area contributed by atoms with Gasteiger partial charge in [0.2, 0.25) is 0 Å². The smallest absolute Gasteiger partial charge is 0.276 e. The number of anilines is 1. The first kappa shape index (κ1) is 12.0. The predicted octanol–water partition coefficient (Wildman–Crippen LogP) is 1.41. The van der Waals surface area contributed by atoms with E-state index in [1.54, 1.807) is 17.9 Å². The number of nitrogen functional groups attached to an aromatic ring is 1. The van der Waals surface area contributed by atoms with Gasteiger partial charge in [-0.1, -0.05) is 6.92 Å². The van der Waals surface area contributed by atoms with Gasteiger partial charge >= 0.3 is 0 Å². The number of hydrogen-bond acceptors (Lipinski definition) is 3. The first-order valence-corrected chi connectivity index (χ1v) is 6.16. The van der Waals surface area contributed by atoms with E-state index in [0.29, 0.717) is 17.4 Å². The number of likely N-dealkylation sites (tertiary alicyclic amines) is 1. The fourth-order valence-corrected chi connectivity index (χ4v) is 2.63. The Morgan fingerprint density at radius 1 is 1.59 bits per heavy atom. The van der Waals surface area contributed by atoms with E-state index in [4.69, 9.17) is 5.73 Å². The standard InChI is InChI=1S/C12H20N4O/c1-4-9-6-5-8(2)16(9)12(17)11-10(13)7-15(3)14-11/h7-9H,4-6,13H2,1-3H3. The topological polar surface area (TPSA) is 64.2 Å². The molecule has 94 valence electrons. The zero-order valence-electron chi connectivity index (χ0n) is 10.7. The molecule has 2 atom stereocenters. The predicted molar refractivity (Wildman–Crippen MR) is 66.6 cm³/mol. The lowest BCUT2D eigenvalue weighted by molar-refractivity contribution is 0.0670. The molecule has 0 saturated carbocycles. The summed E-state index contributed by atoms with van der Waals surface area (Å²) in [5, 5.41) is 4.16. The molecule has 0 aliphatic carbocycles. The molecule has 5 nitrogen and oxygen atoms in total. The fraction of sp³-hybridized carbons (Fsp3) is 0.667. The number of aryl methyl sites for hydroxylation is 1. The third-order valence-electron chi connectivity index (χ3n) is 3.55. The zero-order valence-corrected chi connectivity index (χ0v) is 10.7. The van der Waals surface area contributed by atoms with E-state index in [2.05, 4.69) is 18.9 Å². The Morgan fingerprint density at radius 2 is 2.29 bits per heavy atom. The van der Waals surface area contributed by atoms with Crippen LogP contribution in [-0.4, -0.2) is 32.7 Å². The highest BCUT2D eigenvalue weighted by Gasteiger charge is 2.35. The summed E-state index contributed by atoms with van der Waals surface area (Å²) in [5.74, 6) is -0.0278. The van der Waals surface area contributed by atoms with Crippen molar-refractivity contribution in [1.82, 2.24) is 14.7 Å². The van der Waals surface area contributed by atoms with Crippen molar-refractivity contribution in [3.63, 3.8) is 0 Å². The van der Waals surface area contributed by atoms with Crippen molar-refractivity contribution in [1.29, 1.82) is 0 Å². The Kier molecular flexibility index (Phi) is 3.09. The van der Waals surface area contributed by atoms with Gasteiger partial charge < -0.3 is 10.6 Å². The first-order chi connectivity index (χ1) is 8.04. The third-order valence-corrected chi connectivity index (χ3v) is 3.55. The molecule has 1 aliphatic heterocycles. The largest absolute Gasteiger partial charge is 0.396 e. The molecule has 1 amide bonds. The van der Waals surface area contributed by atoms with Crippen molar-refractivity contribution >= 4 is 11.6 Å². The van der Waals surface area contributed by atoms with Crippen molar-refractivity contribution in [2.24, 2.45) is 7.05 Å². The van der Waals surface area contributed by atoms with Crippen molar-refractivity contribution in [2.45, 2.75) is 45.2 Å². The normalized spacial score (nSPS) is 24.3. The van der Waals surface area contributed by atoms with Gasteiger partial charge in [0.25, 0.3) is 5.91 Å². The highest BCUT2D eigenvalue weighted by atomic mass is 16.2. The van der Waals surface area contributed by atoms with Gasteiger partial charge in [0.05, 0.1) is 5.69 Å². The molecular formula is C12H20N4O. The number of carbonyl (C=O) groups excluding carboxylic acids is 1. The average molecular weight is 236 g/mol. The Morgan fingerprint density at radius 3 is 2.82 bits per heavy atom. The molecule has 1 fully saturated rings. The highest BCUT2D eigenvalue weighted by molar-refractivity contribution is 5.97. The summed E-state index contributed by atoms with van der Waals surface area (Å²) in [4.78, 5) is 14.4. The van der Waals surface area contributed by atoms with Gasteiger partial charge in [-0.2, -0.15) is 5.10 Å². The van der Waals surface area contributed by atoms with Gasteiger partial charge in [0, 0.05) is 25.3 Å². The highest BCUT2D eigenvalue weighted by Crippen LogP contribution is 2.28. The van der Waals surface area contributed by atoms with Crippen molar-refractivity contribution in [3.05, 3.63) is 11.9 Å². The summed E-state index contributed by atoms with van der Waals surface area (Å²) >= 11 is 0. The Balaban J connectivity index is 2.27. The molecule has 1 saturated heterocycles. The van der Waals surface area contributed by atoms with Crippen LogP contribution in [0.4, 0.5) is 5.69 Å². The molecule has 5 heteroatoms. The Labute approximate surface area is 102 Å². The molecule has 0 radical (unpaired) electrons. The average Bonchev–Trinajstić information content (AvgIpc) is 2.80. The van der Waals surface area contributed by atoms with Gasteiger partial charge in [0.15, 0.2) is 5.69 Å². The molecule has 1 aliphatic rings. The van der Waals surface area contributed by atoms with Gasteiger partial charge in [-0.05, 0) is 26.2 Å². The molecule has 2 N–H and O–H groups in total. The SMILES string of the molecule is CCC1CCC(C)N1C(=O)c1nn(C)cc1N. The van der Waals surface area contributed by atoms with E-state index in [-0.39, 0.29) is 11.9 Å². The maximum Gasteiger partial charge on any atom is 0.276 e. The van der Waals surface area contributed by atoms with Crippen LogP contribution in [-0.2, 0) is 7.05 Å². The molecule has 0 aromatic carbocycles. The van der Waals surface area contributed by atoms with Crippen LogP contribution in [0, 0.1) is 0 Å². The van der Waals surface area contributed by atoms with Gasteiger partial charge in [-0.15, -0.1) is 0 Å². The van der Waals surface area contributed by atoms with E-state index in [9.17, 15) is 4.79 Å². The lowest BCUT2D eigenvalue weighted by atomic mass is 10.1. The summed E-state index contributed by atoms with van der Waals surface area (Å²) in [7, 11) is 1.78. The molecule has 0 bridgehead atoms. The quantitative estimate of drug-likeness (QED) is 0.844. The Hall–Kier alpha value is -1.52. The minimum absolute atomic E-state index is 0.0278. The van der Waals surface area contributed by atoms with Gasteiger partial charge in [0.1, 0.15) is 0 Å². The van der Waals surface area contributed by atoms with Crippen LogP contribution in [0.25, 0.3) is 0 Å². The van der Waals surface area contributed by atoms with Crippen LogP contribution in [0.15, 0.2) is 6.20 Å². The molecule has 2 heterocycles. The molecule has 17 heavy (non-hydrogen) atoms. The first-order valence-electron chi connectivity index (χ1n) is 6.16. The van der Waals surface area contributed by atoms with E-state index in [0.717, 1.165) is 19.3 Å². The number of rotatable bonds is 2. The van der Waals surface area contributed by atoms with Gasteiger partial charge in [-0.25, -0.2) is 0 Å². The van der Waals surface area contributed by atoms with Crippen LogP contribution >= 0.6 is 0 Å². The van der Waals surface area contributed by atoms with Crippen LogP contribution in [0.1, 0.15) is 43.6 Å². The number of aromatic nitrogens is 2. The van der Waals surface area contributed by atoms with E-state index in [1.807, 2.05) is 4.90 Å². The van der Waals surface area contributed by atoms with Crippen LogP contribution in [0.3, 0.4) is 0 Å². The van der Waals surface area contributed by atoms with E-state index < -0.39 is 0 Å². The molecule has 1 aromatic rings. The second kappa shape index (κ2) is 4.39. The van der Waals surface area contributed by atoms with Gasteiger partial charge in [-0.3, -0.25) is 9.48 Å². The number of carbonyl (C=O) groups is 1. The van der Waals surface area contributed by atoms with Crippen molar-refractivity contribution in [2.75, 3.05) is 5.73 Å². The molecule has 2 rings (SSSR count). The molecule has 2 unspecified atom stereocenters. The third kappa shape index (κ3) is 2.01. The van der Waals surface area contributed by atoms with Crippen molar-refractivity contribution in [3.8, 4) is 0 Å². The maximum absolute atomic E-state index is 12.4. The maximum atomic E-state index is 12.4. The Bertz CT molecular complexity index is 426. The summed E-state index contributed by atoms with van der Waals surface area (Å²) in [5.41, 5.74) is 6.66. The van der Waals surface area contributed by atoms with E-state index >= 15 is 0 Å². The number of nitrogens with two attached hydrogens (primary N) is 1. The van der Waals surface area contributed by atoms with Crippen LogP contribution in [0.5, 0.6) is 0 Å². The minimum Gasteiger partial charge on any atom is -0.396 e. The van der Waals surface area contributed by atoms with Crippen LogP contribution in [0.2, 0.25) is 0 Å². The van der Waals surface area contributed by atoms with Crippen molar-refractivity contribution < 1.29 is 4.79 Å². The van der Waals surface area contributed by atoms with E-state index in [1.165, 1.54) is 0 Å². The summed E-state index contributed by atoms with van der Waals surface area (Å²) in [6.07, 6.45) is 4.81. The molecule has 1 aromatic heterocycles. The second-order valence-corrected chi connectivity index (χ2v) is 4.81. The van der Waals surface area contributed by atoms with Crippen LogP contribution < -0.4 is 5.73 Å². The summed E-state index contributed by atoms with van der Waals surface area (Å²) in [6, 6.07) is 0.618. The minimum atomic E-state index is -0.0278. The number of nitrogens with zero attached hydrogens (tertiary/aromatic N) is 3. The lowest BCUT2D eigenvalue weighted by Crippen LogP contribution is -2.40. The number of amides is 1. The summed E-state index contributed by atoms with van der Waals surface area (Å²) in [6.45, 7) is 4.21. The fourth-order valence-electron chi connectivity index (χ4n) is 2.63. The lowest BCUT2D eigenvalue weighted by Gasteiger charge is -2.27. The molecular weight excluding hydrogens is 216 g/mol.